The molecule has 3 aromatic carbocycles. The molecule has 3 atom stereocenters. The molecule has 0 bridgehead atoms. The summed E-state index contributed by atoms with van der Waals surface area (Å²) in [4.78, 5) is 17.5. The number of hydrogen-bond acceptors (Lipinski definition) is 3. The van der Waals surface area contributed by atoms with Crippen molar-refractivity contribution in [2.45, 2.75) is 64.4 Å². The summed E-state index contributed by atoms with van der Waals surface area (Å²) in [6, 6.07) is 30.3. The molecular formula is C30H38N2O2. The Bertz CT molecular complexity index is 937. The molecular weight excluding hydrogens is 420 g/mol. The maximum absolute atomic E-state index is 13.4. The van der Waals surface area contributed by atoms with Crippen molar-refractivity contribution in [1.82, 2.24) is 9.80 Å². The first kappa shape index (κ1) is 25.7. The second-order valence-electron chi connectivity index (χ2n) is 9.12. The van der Waals surface area contributed by atoms with Gasteiger partial charge in [-0.15, -0.1) is 0 Å². The third-order valence-electron chi connectivity index (χ3n) is 6.61. The fourth-order valence-corrected chi connectivity index (χ4v) is 4.41. The molecule has 0 spiro atoms. The second-order valence-corrected chi connectivity index (χ2v) is 9.12. The summed E-state index contributed by atoms with van der Waals surface area (Å²) in [7, 11) is 1.81. The average molecular weight is 459 g/mol. The lowest BCUT2D eigenvalue weighted by atomic mass is 10.00. The number of likely N-dealkylation sites (N-methyl/N-ethyl adjacent to an activating group) is 1. The van der Waals surface area contributed by atoms with Gasteiger partial charge in [0, 0.05) is 32.6 Å². The van der Waals surface area contributed by atoms with Gasteiger partial charge in [-0.2, -0.15) is 0 Å². The molecule has 0 fully saturated rings. The molecule has 0 saturated carbocycles. The lowest BCUT2D eigenvalue weighted by molar-refractivity contribution is -0.135. The minimum Gasteiger partial charge on any atom is -0.386 e. The Hall–Kier alpha value is -2.95. The Morgan fingerprint density at radius 3 is 1.76 bits per heavy atom. The normalized spacial score (nSPS) is 13.9. The quantitative estimate of drug-likeness (QED) is 0.371. The Balaban J connectivity index is 1.76. The molecule has 0 unspecified atom stereocenters. The fraction of sp³-hybridized carbons (Fsp3) is 0.367. The van der Waals surface area contributed by atoms with Gasteiger partial charge in [-0.3, -0.25) is 9.69 Å². The molecule has 34 heavy (non-hydrogen) atoms. The van der Waals surface area contributed by atoms with Crippen LogP contribution in [0.25, 0.3) is 0 Å². The van der Waals surface area contributed by atoms with Crippen LogP contribution < -0.4 is 0 Å². The smallest absolute Gasteiger partial charge is 0.224 e. The predicted octanol–water partition coefficient (Wildman–Crippen LogP) is 5.83. The van der Waals surface area contributed by atoms with Gasteiger partial charge < -0.3 is 10.0 Å². The monoisotopic (exact) mass is 458 g/mol. The Kier molecular flexibility index (Phi) is 9.87. The minimum atomic E-state index is -0.718. The van der Waals surface area contributed by atoms with Crippen molar-refractivity contribution in [3.05, 3.63) is 108 Å². The molecule has 0 heterocycles. The van der Waals surface area contributed by atoms with Crippen LogP contribution in [0.5, 0.6) is 0 Å². The summed E-state index contributed by atoms with van der Waals surface area (Å²) >= 11 is 0. The molecule has 0 saturated heterocycles. The van der Waals surface area contributed by atoms with E-state index in [0.29, 0.717) is 6.42 Å². The van der Waals surface area contributed by atoms with Gasteiger partial charge in [0.1, 0.15) is 0 Å². The van der Waals surface area contributed by atoms with Gasteiger partial charge in [0.15, 0.2) is 0 Å². The second kappa shape index (κ2) is 13.1. The zero-order chi connectivity index (χ0) is 24.3. The highest BCUT2D eigenvalue weighted by Gasteiger charge is 2.28. The first-order valence-corrected chi connectivity index (χ1v) is 12.3. The summed E-state index contributed by atoms with van der Waals surface area (Å²) in [6.45, 7) is 5.67. The van der Waals surface area contributed by atoms with E-state index < -0.39 is 6.10 Å². The standard InChI is InChI=1S/C30H38N2O2/c1-4-14-28(21-29(33)31(3)24(2)30(34)27-19-12-7-13-20-27)32(22-25-15-8-5-9-16-25)23-26-17-10-6-11-18-26/h5-13,15-20,24,28,30,34H,4,14,21-23H2,1-3H3/t24-,28-,30+/m0/s1. The third kappa shape index (κ3) is 7.28. The zero-order valence-electron chi connectivity index (χ0n) is 20.7. The van der Waals surface area contributed by atoms with E-state index in [2.05, 4.69) is 60.4 Å². The molecule has 0 aliphatic heterocycles. The number of benzene rings is 3. The van der Waals surface area contributed by atoms with Crippen LogP contribution in [0.2, 0.25) is 0 Å². The average Bonchev–Trinajstić information content (AvgIpc) is 2.88. The summed E-state index contributed by atoms with van der Waals surface area (Å²) in [6.07, 6.45) is 1.65. The van der Waals surface area contributed by atoms with Crippen molar-refractivity contribution in [2.24, 2.45) is 0 Å². The highest BCUT2D eigenvalue weighted by atomic mass is 16.3. The number of nitrogens with zero attached hydrogens (tertiary/aromatic N) is 2. The largest absolute Gasteiger partial charge is 0.386 e. The highest BCUT2D eigenvalue weighted by Crippen LogP contribution is 2.23. The maximum Gasteiger partial charge on any atom is 0.224 e. The SMILES string of the molecule is CCC[C@@H](CC(=O)N(C)[C@@H](C)[C@@H](O)c1ccccc1)N(Cc1ccccc1)Cc1ccccc1. The molecule has 4 nitrogen and oxygen atoms in total. The molecule has 0 aromatic heterocycles. The topological polar surface area (TPSA) is 43.8 Å². The predicted molar refractivity (Wildman–Crippen MR) is 139 cm³/mol. The van der Waals surface area contributed by atoms with Crippen molar-refractivity contribution in [2.75, 3.05) is 7.05 Å². The molecule has 180 valence electrons. The molecule has 0 aliphatic rings. The number of hydrogen-bond donors (Lipinski definition) is 1. The number of carbonyl (C=O) groups excluding carboxylic acids is 1. The van der Waals surface area contributed by atoms with E-state index in [4.69, 9.17) is 0 Å². The van der Waals surface area contributed by atoms with Gasteiger partial charge in [-0.25, -0.2) is 0 Å². The van der Waals surface area contributed by atoms with Crippen LogP contribution in [0.15, 0.2) is 91.0 Å². The van der Waals surface area contributed by atoms with Crippen LogP contribution in [0.4, 0.5) is 0 Å². The molecule has 1 amide bonds. The lowest BCUT2D eigenvalue weighted by Gasteiger charge is -2.35. The Morgan fingerprint density at radius 2 is 1.29 bits per heavy atom. The molecule has 0 radical (unpaired) electrons. The van der Waals surface area contributed by atoms with Gasteiger partial charge in [0.25, 0.3) is 0 Å². The first-order valence-electron chi connectivity index (χ1n) is 12.3. The van der Waals surface area contributed by atoms with Gasteiger partial charge >= 0.3 is 0 Å². The molecule has 3 rings (SSSR count). The van der Waals surface area contributed by atoms with Gasteiger partial charge in [0.05, 0.1) is 12.1 Å². The van der Waals surface area contributed by atoms with Gasteiger partial charge in [-0.1, -0.05) is 104 Å². The summed E-state index contributed by atoms with van der Waals surface area (Å²) in [5.74, 6) is 0.0621. The van der Waals surface area contributed by atoms with Crippen molar-refractivity contribution in [3.63, 3.8) is 0 Å². The van der Waals surface area contributed by atoms with Crippen LogP contribution in [-0.4, -0.2) is 39.9 Å². The minimum absolute atomic E-state index is 0.0621. The number of amides is 1. The summed E-state index contributed by atoms with van der Waals surface area (Å²) in [5.41, 5.74) is 3.32. The van der Waals surface area contributed by atoms with Crippen molar-refractivity contribution in [1.29, 1.82) is 0 Å². The molecule has 0 aliphatic carbocycles. The van der Waals surface area contributed by atoms with Gasteiger partial charge in [-0.05, 0) is 30.0 Å². The summed E-state index contributed by atoms with van der Waals surface area (Å²) < 4.78 is 0. The van der Waals surface area contributed by atoms with E-state index in [1.165, 1.54) is 11.1 Å². The highest BCUT2D eigenvalue weighted by molar-refractivity contribution is 5.77. The van der Waals surface area contributed by atoms with E-state index in [1.807, 2.05) is 49.4 Å². The number of aliphatic hydroxyl groups is 1. The van der Waals surface area contributed by atoms with Crippen LogP contribution in [0, 0.1) is 0 Å². The maximum atomic E-state index is 13.4. The van der Waals surface area contributed by atoms with Crippen molar-refractivity contribution >= 4 is 5.91 Å². The van der Waals surface area contributed by atoms with E-state index >= 15 is 0 Å². The van der Waals surface area contributed by atoms with E-state index in [-0.39, 0.29) is 18.0 Å². The van der Waals surface area contributed by atoms with Crippen LogP contribution in [0.1, 0.15) is 55.9 Å². The van der Waals surface area contributed by atoms with Crippen molar-refractivity contribution < 1.29 is 9.90 Å². The van der Waals surface area contributed by atoms with E-state index in [9.17, 15) is 9.90 Å². The van der Waals surface area contributed by atoms with E-state index in [0.717, 1.165) is 31.5 Å². The molecule has 1 N–H and O–H groups in total. The molecule has 4 heteroatoms. The van der Waals surface area contributed by atoms with Crippen molar-refractivity contribution in [3.8, 4) is 0 Å². The third-order valence-corrected chi connectivity index (χ3v) is 6.61. The first-order chi connectivity index (χ1) is 16.5. The number of aliphatic hydroxyl groups excluding tert-OH is 1. The molecule has 3 aromatic rings. The van der Waals surface area contributed by atoms with Crippen LogP contribution in [0.3, 0.4) is 0 Å². The lowest BCUT2D eigenvalue weighted by Crippen LogP contribution is -2.43. The zero-order valence-corrected chi connectivity index (χ0v) is 20.7. The van der Waals surface area contributed by atoms with Crippen LogP contribution >= 0.6 is 0 Å². The van der Waals surface area contributed by atoms with Gasteiger partial charge in [0.2, 0.25) is 5.91 Å². The van der Waals surface area contributed by atoms with Crippen LogP contribution in [-0.2, 0) is 17.9 Å². The Morgan fingerprint density at radius 1 is 0.824 bits per heavy atom. The van der Waals surface area contributed by atoms with E-state index in [1.54, 1.807) is 11.9 Å². The Labute approximate surface area is 204 Å². The number of rotatable bonds is 12. The fourth-order valence-electron chi connectivity index (χ4n) is 4.41. The summed E-state index contributed by atoms with van der Waals surface area (Å²) in [5, 5.41) is 10.8. The number of carbonyl (C=O) groups is 1.